The van der Waals surface area contributed by atoms with Crippen LogP contribution in [0.15, 0.2) is 0 Å². The van der Waals surface area contributed by atoms with E-state index in [2.05, 4.69) is 37.6 Å². The molecule has 1 atom stereocenters. The third-order valence-corrected chi connectivity index (χ3v) is 3.81. The van der Waals surface area contributed by atoms with Crippen molar-refractivity contribution in [3.05, 3.63) is 0 Å². The van der Waals surface area contributed by atoms with E-state index in [9.17, 15) is 5.11 Å². The molecule has 96 valence electrons. The van der Waals surface area contributed by atoms with Gasteiger partial charge in [0, 0.05) is 18.1 Å². The fourth-order valence-corrected chi connectivity index (χ4v) is 2.62. The Hall–Kier alpha value is -0.120. The van der Waals surface area contributed by atoms with Crippen molar-refractivity contribution >= 4 is 0 Å². The molecule has 0 saturated carbocycles. The molecule has 0 spiro atoms. The van der Waals surface area contributed by atoms with Gasteiger partial charge in [0.05, 0.1) is 6.61 Å². The molecular formula is C13H28N2O. The fourth-order valence-electron chi connectivity index (χ4n) is 2.62. The first kappa shape index (κ1) is 13.9. The second-order valence-electron chi connectivity index (χ2n) is 5.71. The summed E-state index contributed by atoms with van der Waals surface area (Å²) in [5, 5.41) is 9.57. The van der Waals surface area contributed by atoms with E-state index in [0.29, 0.717) is 6.04 Å². The van der Waals surface area contributed by atoms with Crippen LogP contribution in [0.25, 0.3) is 0 Å². The van der Waals surface area contributed by atoms with Gasteiger partial charge in [-0.05, 0) is 46.8 Å². The van der Waals surface area contributed by atoms with E-state index in [1.165, 1.54) is 19.3 Å². The summed E-state index contributed by atoms with van der Waals surface area (Å²) in [6.07, 6.45) is 3.63. The topological polar surface area (TPSA) is 26.7 Å². The van der Waals surface area contributed by atoms with Crippen molar-refractivity contribution in [2.75, 3.05) is 33.3 Å². The minimum Gasteiger partial charge on any atom is -0.395 e. The lowest BCUT2D eigenvalue weighted by atomic mass is 9.96. The Morgan fingerprint density at radius 1 is 1.38 bits per heavy atom. The van der Waals surface area contributed by atoms with Crippen LogP contribution < -0.4 is 0 Å². The number of hydrogen-bond acceptors (Lipinski definition) is 3. The summed E-state index contributed by atoms with van der Waals surface area (Å²) < 4.78 is 0. The normalized spacial score (nSPS) is 27.9. The van der Waals surface area contributed by atoms with Crippen LogP contribution in [-0.2, 0) is 0 Å². The molecule has 1 aliphatic heterocycles. The molecule has 0 aromatic carbocycles. The van der Waals surface area contributed by atoms with Crippen molar-refractivity contribution in [1.29, 1.82) is 0 Å². The number of nitrogens with zero attached hydrogens (tertiary/aromatic N) is 2. The lowest BCUT2D eigenvalue weighted by Crippen LogP contribution is -2.52. The van der Waals surface area contributed by atoms with Crippen molar-refractivity contribution in [2.24, 2.45) is 0 Å². The van der Waals surface area contributed by atoms with Crippen molar-refractivity contribution in [2.45, 2.75) is 51.6 Å². The number of hydrogen-bond donors (Lipinski definition) is 1. The second-order valence-corrected chi connectivity index (χ2v) is 5.71. The highest BCUT2D eigenvalue weighted by Gasteiger charge is 2.34. The first-order valence-corrected chi connectivity index (χ1v) is 6.57. The summed E-state index contributed by atoms with van der Waals surface area (Å²) in [6, 6.07) is 0.300. The molecule has 3 heteroatoms. The van der Waals surface area contributed by atoms with Crippen molar-refractivity contribution in [3.63, 3.8) is 0 Å². The third-order valence-electron chi connectivity index (χ3n) is 3.81. The number of aliphatic hydroxyl groups is 1. The molecule has 0 radical (unpaired) electrons. The Morgan fingerprint density at radius 2 is 2.06 bits per heavy atom. The summed E-state index contributed by atoms with van der Waals surface area (Å²) in [5.74, 6) is 0. The van der Waals surface area contributed by atoms with Gasteiger partial charge in [0.1, 0.15) is 0 Å². The van der Waals surface area contributed by atoms with E-state index in [1.807, 2.05) is 0 Å². The Balaban J connectivity index is 2.75. The average molecular weight is 228 g/mol. The Bertz CT molecular complexity index is 206. The predicted molar refractivity (Wildman–Crippen MR) is 68.7 cm³/mol. The van der Waals surface area contributed by atoms with Crippen LogP contribution in [0, 0.1) is 0 Å². The molecule has 3 nitrogen and oxygen atoms in total. The summed E-state index contributed by atoms with van der Waals surface area (Å²) in [4.78, 5) is 4.86. The van der Waals surface area contributed by atoms with E-state index in [4.69, 9.17) is 0 Å². The van der Waals surface area contributed by atoms with E-state index in [0.717, 1.165) is 19.6 Å². The van der Waals surface area contributed by atoms with Gasteiger partial charge in [0.15, 0.2) is 0 Å². The molecule has 0 amide bonds. The Kier molecular flexibility index (Phi) is 5.22. The van der Waals surface area contributed by atoms with E-state index < -0.39 is 0 Å². The molecule has 0 bridgehead atoms. The fraction of sp³-hybridized carbons (Fsp3) is 1.00. The van der Waals surface area contributed by atoms with Gasteiger partial charge in [-0.3, -0.25) is 4.90 Å². The zero-order chi connectivity index (χ0) is 12.2. The van der Waals surface area contributed by atoms with Crippen LogP contribution in [0.2, 0.25) is 0 Å². The molecule has 16 heavy (non-hydrogen) atoms. The van der Waals surface area contributed by atoms with Gasteiger partial charge in [-0.15, -0.1) is 0 Å². The minimum absolute atomic E-state index is 0.216. The number of likely N-dealkylation sites (N-methyl/N-ethyl adjacent to an activating group) is 1. The predicted octanol–water partition coefficient (Wildman–Crippen LogP) is 1.56. The van der Waals surface area contributed by atoms with E-state index in [1.54, 1.807) is 0 Å². The largest absolute Gasteiger partial charge is 0.395 e. The van der Waals surface area contributed by atoms with Crippen molar-refractivity contribution < 1.29 is 5.11 Å². The summed E-state index contributed by atoms with van der Waals surface area (Å²) >= 11 is 0. The van der Waals surface area contributed by atoms with Crippen molar-refractivity contribution in [3.8, 4) is 0 Å². The lowest BCUT2D eigenvalue weighted by Gasteiger charge is -2.41. The standard InChI is InChI=1S/C13H28N2O/c1-5-6-8-15-12(11-16)10-14(4)9-7-13(15,2)3/h12,16H,5-11H2,1-4H3. The molecule has 1 aliphatic rings. The zero-order valence-corrected chi connectivity index (χ0v) is 11.4. The van der Waals surface area contributed by atoms with Gasteiger partial charge in [-0.2, -0.15) is 0 Å². The third kappa shape index (κ3) is 3.44. The van der Waals surface area contributed by atoms with E-state index >= 15 is 0 Å². The highest BCUT2D eigenvalue weighted by molar-refractivity contribution is 4.91. The number of unbranched alkanes of at least 4 members (excludes halogenated alkanes) is 1. The SMILES string of the molecule is CCCCN1C(CO)CN(C)CCC1(C)C. The molecular weight excluding hydrogens is 200 g/mol. The van der Waals surface area contributed by atoms with Crippen LogP contribution in [0.3, 0.4) is 0 Å². The van der Waals surface area contributed by atoms with Crippen LogP contribution in [0.4, 0.5) is 0 Å². The quantitative estimate of drug-likeness (QED) is 0.791. The van der Waals surface area contributed by atoms with Gasteiger partial charge in [-0.1, -0.05) is 13.3 Å². The highest BCUT2D eigenvalue weighted by atomic mass is 16.3. The maximum absolute atomic E-state index is 9.57. The summed E-state index contributed by atoms with van der Waals surface area (Å²) in [5.41, 5.74) is 0.216. The first-order valence-electron chi connectivity index (χ1n) is 6.57. The molecule has 1 saturated heterocycles. The van der Waals surface area contributed by atoms with Gasteiger partial charge in [-0.25, -0.2) is 0 Å². The Morgan fingerprint density at radius 3 is 2.62 bits per heavy atom. The van der Waals surface area contributed by atoms with Crippen molar-refractivity contribution in [1.82, 2.24) is 9.80 Å². The molecule has 1 N–H and O–H groups in total. The van der Waals surface area contributed by atoms with Crippen LogP contribution in [-0.4, -0.2) is 59.8 Å². The molecule has 1 heterocycles. The highest BCUT2D eigenvalue weighted by Crippen LogP contribution is 2.25. The van der Waals surface area contributed by atoms with Gasteiger partial charge in [0.2, 0.25) is 0 Å². The second kappa shape index (κ2) is 5.99. The lowest BCUT2D eigenvalue weighted by molar-refractivity contribution is 0.0406. The van der Waals surface area contributed by atoms with Crippen LogP contribution in [0.5, 0.6) is 0 Å². The molecule has 1 unspecified atom stereocenters. The van der Waals surface area contributed by atoms with E-state index in [-0.39, 0.29) is 12.1 Å². The van der Waals surface area contributed by atoms with Gasteiger partial charge >= 0.3 is 0 Å². The molecule has 1 fully saturated rings. The first-order chi connectivity index (χ1) is 7.51. The zero-order valence-electron chi connectivity index (χ0n) is 11.4. The maximum atomic E-state index is 9.57. The summed E-state index contributed by atoms with van der Waals surface area (Å²) in [7, 11) is 2.15. The average Bonchev–Trinajstić information content (AvgIpc) is 2.34. The number of rotatable bonds is 4. The molecule has 0 aliphatic carbocycles. The summed E-state index contributed by atoms with van der Waals surface area (Å²) in [6.45, 7) is 10.4. The number of aliphatic hydroxyl groups excluding tert-OH is 1. The van der Waals surface area contributed by atoms with Gasteiger partial charge < -0.3 is 10.0 Å². The maximum Gasteiger partial charge on any atom is 0.0599 e. The smallest absolute Gasteiger partial charge is 0.0599 e. The van der Waals surface area contributed by atoms with Crippen LogP contribution >= 0.6 is 0 Å². The Labute approximate surface area is 100 Å². The molecule has 0 aromatic rings. The monoisotopic (exact) mass is 228 g/mol. The van der Waals surface area contributed by atoms with Crippen LogP contribution in [0.1, 0.15) is 40.0 Å². The molecule has 0 aromatic heterocycles. The van der Waals surface area contributed by atoms with Gasteiger partial charge in [0.25, 0.3) is 0 Å². The molecule has 1 rings (SSSR count). The minimum atomic E-state index is 0.216.